The Morgan fingerprint density at radius 1 is 1.44 bits per heavy atom. The number of hydrogen-bond acceptors (Lipinski definition) is 3. The Balaban J connectivity index is 2.68. The molecule has 0 spiro atoms. The third-order valence-corrected chi connectivity index (χ3v) is 2.77. The van der Waals surface area contributed by atoms with Crippen LogP contribution in [-0.2, 0) is 0 Å². The summed E-state index contributed by atoms with van der Waals surface area (Å²) in [6, 6.07) is 10.1. The van der Waals surface area contributed by atoms with E-state index in [4.69, 9.17) is 10.00 Å². The number of benzene rings is 1. The zero-order valence-corrected chi connectivity index (χ0v) is 11.2. The average Bonchev–Trinajstić information content (AvgIpc) is 2.38. The van der Waals surface area contributed by atoms with Crippen LogP contribution < -0.4 is 10.1 Å². The fourth-order valence-electron chi connectivity index (χ4n) is 1.63. The summed E-state index contributed by atoms with van der Waals surface area (Å²) in [6.45, 7) is 7.43. The molecule has 0 aliphatic carbocycles. The largest absolute Gasteiger partial charge is 0.479 e. The molecule has 0 aliphatic rings. The minimum absolute atomic E-state index is 0.0890. The van der Waals surface area contributed by atoms with Crippen LogP contribution in [0.5, 0.6) is 5.75 Å². The maximum Gasteiger partial charge on any atom is 0.174 e. The highest BCUT2D eigenvalue weighted by molar-refractivity contribution is 5.54. The number of hydrogen-bond donors (Lipinski definition) is 1. The summed E-state index contributed by atoms with van der Waals surface area (Å²) in [5.41, 5.74) is 2.43. The Bertz CT molecular complexity index is 429. The number of likely N-dealkylation sites (N-methyl/N-ethyl adjacent to an activating group) is 1. The minimum Gasteiger partial charge on any atom is -0.479 e. The molecule has 3 nitrogen and oxygen atoms in total. The molecule has 0 bridgehead atoms. The smallest absolute Gasteiger partial charge is 0.174 e. The van der Waals surface area contributed by atoms with Crippen molar-refractivity contribution < 1.29 is 4.74 Å². The summed E-state index contributed by atoms with van der Waals surface area (Å²) in [5, 5.41) is 11.8. The van der Waals surface area contributed by atoms with E-state index >= 15 is 0 Å². The van der Waals surface area contributed by atoms with Crippen LogP contribution in [0.1, 0.15) is 26.3 Å². The Hall–Kier alpha value is -1.79. The standard InChI is InChI=1S/C15H20N2O/c1-4-17-13(3)12(2)11-14-5-7-15(8-6-14)18-10-9-16/h5-8,11,13,17H,4,10H2,1-3H3/b12-11+. The molecule has 0 amide bonds. The van der Waals surface area contributed by atoms with Gasteiger partial charge in [-0.1, -0.05) is 30.7 Å². The molecule has 0 fully saturated rings. The Morgan fingerprint density at radius 3 is 2.67 bits per heavy atom. The van der Waals surface area contributed by atoms with Crippen LogP contribution in [0.2, 0.25) is 0 Å². The van der Waals surface area contributed by atoms with Crippen LogP contribution in [0, 0.1) is 11.3 Å². The molecule has 96 valence electrons. The number of nitriles is 1. The van der Waals surface area contributed by atoms with E-state index in [0.29, 0.717) is 6.04 Å². The number of nitrogens with zero attached hydrogens (tertiary/aromatic N) is 1. The molecule has 1 unspecified atom stereocenters. The number of ether oxygens (including phenoxy) is 1. The predicted molar refractivity (Wildman–Crippen MR) is 74.3 cm³/mol. The fourth-order valence-corrected chi connectivity index (χ4v) is 1.63. The van der Waals surface area contributed by atoms with Gasteiger partial charge in [-0.25, -0.2) is 0 Å². The van der Waals surface area contributed by atoms with Crippen molar-refractivity contribution in [1.29, 1.82) is 5.26 Å². The van der Waals surface area contributed by atoms with Crippen molar-refractivity contribution in [2.75, 3.05) is 13.2 Å². The van der Waals surface area contributed by atoms with Gasteiger partial charge in [-0.05, 0) is 38.1 Å². The molecule has 0 heterocycles. The van der Waals surface area contributed by atoms with Gasteiger partial charge in [0.2, 0.25) is 0 Å². The molecule has 1 atom stereocenters. The van der Waals surface area contributed by atoms with E-state index in [-0.39, 0.29) is 6.61 Å². The summed E-state index contributed by atoms with van der Waals surface area (Å²) >= 11 is 0. The zero-order valence-electron chi connectivity index (χ0n) is 11.2. The number of nitrogens with one attached hydrogen (secondary N) is 1. The molecule has 0 saturated carbocycles. The maximum atomic E-state index is 8.42. The fraction of sp³-hybridized carbons (Fsp3) is 0.400. The van der Waals surface area contributed by atoms with Crippen molar-refractivity contribution >= 4 is 6.08 Å². The van der Waals surface area contributed by atoms with Gasteiger partial charge in [0.1, 0.15) is 11.8 Å². The van der Waals surface area contributed by atoms with Gasteiger partial charge in [-0.15, -0.1) is 0 Å². The Morgan fingerprint density at radius 2 is 2.11 bits per heavy atom. The van der Waals surface area contributed by atoms with Gasteiger partial charge in [-0.3, -0.25) is 0 Å². The lowest BCUT2D eigenvalue weighted by molar-refractivity contribution is 0.368. The number of rotatable bonds is 6. The highest BCUT2D eigenvalue weighted by atomic mass is 16.5. The first-order valence-electron chi connectivity index (χ1n) is 6.18. The van der Waals surface area contributed by atoms with Crippen molar-refractivity contribution in [1.82, 2.24) is 5.32 Å². The van der Waals surface area contributed by atoms with Crippen LogP contribution in [0.25, 0.3) is 6.08 Å². The van der Waals surface area contributed by atoms with Crippen LogP contribution in [0.3, 0.4) is 0 Å². The molecule has 3 heteroatoms. The van der Waals surface area contributed by atoms with Gasteiger partial charge < -0.3 is 10.1 Å². The van der Waals surface area contributed by atoms with E-state index in [0.717, 1.165) is 17.9 Å². The van der Waals surface area contributed by atoms with E-state index < -0.39 is 0 Å². The molecule has 0 aliphatic heterocycles. The van der Waals surface area contributed by atoms with Crippen molar-refractivity contribution in [2.24, 2.45) is 0 Å². The van der Waals surface area contributed by atoms with E-state index in [1.165, 1.54) is 5.57 Å². The van der Waals surface area contributed by atoms with Gasteiger partial charge in [0.25, 0.3) is 0 Å². The summed E-state index contributed by atoms with van der Waals surface area (Å²) in [6.07, 6.45) is 2.15. The molecule has 0 aromatic heterocycles. The van der Waals surface area contributed by atoms with E-state index in [1.54, 1.807) is 0 Å². The van der Waals surface area contributed by atoms with Gasteiger partial charge in [0.05, 0.1) is 0 Å². The normalized spacial score (nSPS) is 12.9. The lowest BCUT2D eigenvalue weighted by Gasteiger charge is -2.13. The van der Waals surface area contributed by atoms with E-state index in [9.17, 15) is 0 Å². The van der Waals surface area contributed by atoms with E-state index in [2.05, 4.69) is 32.2 Å². The molecular weight excluding hydrogens is 224 g/mol. The quantitative estimate of drug-likeness (QED) is 0.836. The van der Waals surface area contributed by atoms with Crippen LogP contribution >= 0.6 is 0 Å². The molecule has 1 aromatic rings. The van der Waals surface area contributed by atoms with Gasteiger partial charge in [0.15, 0.2) is 6.61 Å². The molecular formula is C15H20N2O. The topological polar surface area (TPSA) is 45.0 Å². The van der Waals surface area contributed by atoms with Crippen molar-refractivity contribution in [2.45, 2.75) is 26.8 Å². The molecule has 0 radical (unpaired) electrons. The van der Waals surface area contributed by atoms with Gasteiger partial charge >= 0.3 is 0 Å². The lowest BCUT2D eigenvalue weighted by Crippen LogP contribution is -2.26. The minimum atomic E-state index is 0.0890. The summed E-state index contributed by atoms with van der Waals surface area (Å²) < 4.78 is 5.21. The first-order chi connectivity index (χ1) is 8.67. The molecule has 1 N–H and O–H groups in total. The summed E-state index contributed by atoms with van der Waals surface area (Å²) in [4.78, 5) is 0. The van der Waals surface area contributed by atoms with Crippen LogP contribution in [-0.4, -0.2) is 19.2 Å². The molecule has 1 rings (SSSR count). The second-order valence-electron chi connectivity index (χ2n) is 4.18. The first-order valence-corrected chi connectivity index (χ1v) is 6.18. The third kappa shape index (κ3) is 4.60. The van der Waals surface area contributed by atoms with Crippen molar-refractivity contribution in [3.8, 4) is 11.8 Å². The predicted octanol–water partition coefficient (Wildman–Crippen LogP) is 2.99. The third-order valence-electron chi connectivity index (χ3n) is 2.77. The highest BCUT2D eigenvalue weighted by Gasteiger charge is 2.01. The summed E-state index contributed by atoms with van der Waals surface area (Å²) in [5.74, 6) is 0.728. The van der Waals surface area contributed by atoms with Crippen molar-refractivity contribution in [3.05, 3.63) is 35.4 Å². The zero-order chi connectivity index (χ0) is 13.4. The molecule has 1 aromatic carbocycles. The Kier molecular flexibility index (Phi) is 5.96. The molecule has 18 heavy (non-hydrogen) atoms. The molecule has 0 saturated heterocycles. The van der Waals surface area contributed by atoms with Crippen molar-refractivity contribution in [3.63, 3.8) is 0 Å². The maximum absolute atomic E-state index is 8.42. The highest BCUT2D eigenvalue weighted by Crippen LogP contribution is 2.15. The second-order valence-corrected chi connectivity index (χ2v) is 4.18. The Labute approximate surface area is 109 Å². The monoisotopic (exact) mass is 244 g/mol. The lowest BCUT2D eigenvalue weighted by atomic mass is 10.1. The first kappa shape index (κ1) is 14.3. The summed E-state index contributed by atoms with van der Waals surface area (Å²) in [7, 11) is 0. The SMILES string of the molecule is CCNC(C)/C(C)=C/c1ccc(OCC#N)cc1. The van der Waals surface area contributed by atoms with Crippen LogP contribution in [0.15, 0.2) is 29.8 Å². The average molecular weight is 244 g/mol. The van der Waals surface area contributed by atoms with E-state index in [1.807, 2.05) is 30.3 Å². The second kappa shape index (κ2) is 7.52. The van der Waals surface area contributed by atoms with Gasteiger partial charge in [-0.2, -0.15) is 5.26 Å². The van der Waals surface area contributed by atoms with Crippen LogP contribution in [0.4, 0.5) is 0 Å². The van der Waals surface area contributed by atoms with Gasteiger partial charge in [0, 0.05) is 6.04 Å².